The first-order chi connectivity index (χ1) is 13.0. The molecule has 0 saturated carbocycles. The number of benzene rings is 1. The van der Waals surface area contributed by atoms with Crippen molar-refractivity contribution in [2.24, 2.45) is 0 Å². The molecular weight excluding hydrogens is 364 g/mol. The lowest BCUT2D eigenvalue weighted by Crippen LogP contribution is -2.39. The molecule has 0 bridgehead atoms. The van der Waals surface area contributed by atoms with Gasteiger partial charge in [0.2, 0.25) is 0 Å². The molecule has 3 rings (SSSR count). The maximum absolute atomic E-state index is 13.3. The minimum absolute atomic E-state index is 0.0433. The van der Waals surface area contributed by atoms with Crippen molar-refractivity contribution in [3.63, 3.8) is 0 Å². The van der Waals surface area contributed by atoms with Crippen molar-refractivity contribution in [3.05, 3.63) is 62.5 Å². The summed E-state index contributed by atoms with van der Waals surface area (Å²) in [7, 11) is 1.62. The van der Waals surface area contributed by atoms with Crippen LogP contribution in [0, 0.1) is 6.92 Å². The van der Waals surface area contributed by atoms with Gasteiger partial charge in [0.25, 0.3) is 5.56 Å². The van der Waals surface area contributed by atoms with Crippen LogP contribution < -0.4 is 5.56 Å². The fraction of sp³-hybridized carbons (Fsp3) is 0.476. The van der Waals surface area contributed by atoms with Crippen molar-refractivity contribution in [3.8, 4) is 5.75 Å². The van der Waals surface area contributed by atoms with Gasteiger partial charge >= 0.3 is 0 Å². The summed E-state index contributed by atoms with van der Waals surface area (Å²) in [6.07, 6.45) is 3.36. The molecule has 1 aromatic heterocycles. The molecule has 1 fully saturated rings. The van der Waals surface area contributed by atoms with Crippen LogP contribution in [0.5, 0.6) is 5.75 Å². The van der Waals surface area contributed by atoms with Gasteiger partial charge in [0.1, 0.15) is 5.75 Å². The monoisotopic (exact) mass is 390 g/mol. The van der Waals surface area contributed by atoms with E-state index in [0.29, 0.717) is 23.7 Å². The number of hydrogen-bond donors (Lipinski definition) is 1. The van der Waals surface area contributed by atoms with E-state index in [2.05, 4.69) is 4.90 Å². The second kappa shape index (κ2) is 8.91. The fourth-order valence-corrected chi connectivity index (χ4v) is 4.10. The number of aromatic hydroxyl groups is 1. The molecular formula is C21H27ClN2O3. The first-order valence-electron chi connectivity index (χ1n) is 9.44. The van der Waals surface area contributed by atoms with E-state index in [0.717, 1.165) is 37.2 Å². The Morgan fingerprint density at radius 3 is 2.63 bits per heavy atom. The van der Waals surface area contributed by atoms with Crippen molar-refractivity contribution in [2.45, 2.75) is 38.8 Å². The Morgan fingerprint density at radius 1 is 1.22 bits per heavy atom. The molecule has 0 amide bonds. The number of ether oxygens (including phenoxy) is 1. The van der Waals surface area contributed by atoms with Gasteiger partial charge in [-0.15, -0.1) is 0 Å². The summed E-state index contributed by atoms with van der Waals surface area (Å²) in [6, 6.07) is 8.94. The van der Waals surface area contributed by atoms with Crippen LogP contribution in [-0.2, 0) is 11.3 Å². The molecule has 0 aliphatic carbocycles. The van der Waals surface area contributed by atoms with E-state index in [1.807, 2.05) is 31.2 Å². The quantitative estimate of drug-likeness (QED) is 0.816. The third-order valence-corrected chi connectivity index (χ3v) is 5.47. The maximum Gasteiger partial charge on any atom is 0.259 e. The Morgan fingerprint density at radius 2 is 1.96 bits per heavy atom. The molecule has 6 heteroatoms. The number of halogens is 1. The van der Waals surface area contributed by atoms with Crippen LogP contribution in [0.2, 0.25) is 5.02 Å². The smallest absolute Gasteiger partial charge is 0.259 e. The van der Waals surface area contributed by atoms with Crippen LogP contribution in [-0.4, -0.2) is 41.4 Å². The number of pyridine rings is 1. The van der Waals surface area contributed by atoms with Crippen LogP contribution in [0.15, 0.2) is 35.1 Å². The Balaban J connectivity index is 2.15. The van der Waals surface area contributed by atoms with E-state index in [4.69, 9.17) is 16.3 Å². The fourth-order valence-electron chi connectivity index (χ4n) is 3.90. The van der Waals surface area contributed by atoms with Gasteiger partial charge in [-0.25, -0.2) is 0 Å². The van der Waals surface area contributed by atoms with Crippen LogP contribution >= 0.6 is 11.6 Å². The lowest BCUT2D eigenvalue weighted by Gasteiger charge is -2.35. The Bertz CT molecular complexity index is 844. The Labute approximate surface area is 165 Å². The number of likely N-dealkylation sites (tertiary alicyclic amines) is 1. The highest BCUT2D eigenvalue weighted by molar-refractivity contribution is 6.30. The Hall–Kier alpha value is -1.82. The molecule has 0 radical (unpaired) electrons. The van der Waals surface area contributed by atoms with E-state index in [1.54, 1.807) is 17.7 Å². The molecule has 27 heavy (non-hydrogen) atoms. The van der Waals surface area contributed by atoms with Crippen molar-refractivity contribution in [2.75, 3.05) is 26.8 Å². The van der Waals surface area contributed by atoms with Gasteiger partial charge in [-0.3, -0.25) is 9.69 Å². The van der Waals surface area contributed by atoms with Crippen molar-refractivity contribution >= 4 is 11.6 Å². The third kappa shape index (κ3) is 4.37. The van der Waals surface area contributed by atoms with Gasteiger partial charge < -0.3 is 14.4 Å². The minimum Gasteiger partial charge on any atom is -0.507 e. The highest BCUT2D eigenvalue weighted by Gasteiger charge is 2.30. The SMILES string of the molecule is COCCn1c(C)cc(O)c([C@@H](c2cccc(Cl)c2)N2CCCCC2)c1=O. The second-order valence-electron chi connectivity index (χ2n) is 7.09. The summed E-state index contributed by atoms with van der Waals surface area (Å²) >= 11 is 6.24. The predicted molar refractivity (Wildman–Crippen MR) is 108 cm³/mol. The summed E-state index contributed by atoms with van der Waals surface area (Å²) in [5.41, 5.74) is 1.90. The van der Waals surface area contributed by atoms with E-state index in [1.165, 1.54) is 6.42 Å². The van der Waals surface area contributed by atoms with Gasteiger partial charge in [0.05, 0.1) is 18.2 Å². The number of methoxy groups -OCH3 is 1. The zero-order valence-electron chi connectivity index (χ0n) is 15.9. The molecule has 1 aliphatic heterocycles. The van der Waals surface area contributed by atoms with E-state index < -0.39 is 0 Å². The van der Waals surface area contributed by atoms with Gasteiger partial charge in [-0.2, -0.15) is 0 Å². The van der Waals surface area contributed by atoms with Crippen LogP contribution in [0.4, 0.5) is 0 Å². The number of nitrogens with zero attached hydrogens (tertiary/aromatic N) is 2. The van der Waals surface area contributed by atoms with Gasteiger partial charge in [0, 0.05) is 24.4 Å². The topological polar surface area (TPSA) is 54.7 Å². The number of aromatic nitrogens is 1. The van der Waals surface area contributed by atoms with Gasteiger partial charge in [-0.05, 0) is 56.6 Å². The number of hydrogen-bond acceptors (Lipinski definition) is 4. The maximum atomic E-state index is 13.3. The Kier molecular flexibility index (Phi) is 6.58. The molecule has 1 saturated heterocycles. The molecule has 0 spiro atoms. The summed E-state index contributed by atoms with van der Waals surface area (Å²) in [6.45, 7) is 4.51. The summed E-state index contributed by atoms with van der Waals surface area (Å²) < 4.78 is 6.83. The number of aryl methyl sites for hydroxylation is 1. The molecule has 0 unspecified atom stereocenters. The predicted octanol–water partition coefficient (Wildman–Crippen LogP) is 3.74. The van der Waals surface area contributed by atoms with E-state index in [9.17, 15) is 9.90 Å². The van der Waals surface area contributed by atoms with Gasteiger partial charge in [0.15, 0.2) is 0 Å². The molecule has 2 heterocycles. The summed E-state index contributed by atoms with van der Waals surface area (Å²) in [5, 5.41) is 11.4. The van der Waals surface area contributed by atoms with Crippen LogP contribution in [0.1, 0.15) is 42.1 Å². The van der Waals surface area contributed by atoms with E-state index in [-0.39, 0.29) is 17.4 Å². The lowest BCUT2D eigenvalue weighted by atomic mass is 9.94. The lowest BCUT2D eigenvalue weighted by molar-refractivity contribution is 0.178. The first kappa shape index (κ1) is 19.9. The molecule has 1 aromatic carbocycles. The summed E-state index contributed by atoms with van der Waals surface area (Å²) in [4.78, 5) is 15.6. The molecule has 1 aliphatic rings. The molecule has 5 nitrogen and oxygen atoms in total. The number of piperidine rings is 1. The van der Waals surface area contributed by atoms with Crippen molar-refractivity contribution < 1.29 is 9.84 Å². The molecule has 2 aromatic rings. The standard InChI is InChI=1S/C21H27ClN2O3/c1-15-13-18(25)19(21(26)24(15)11-12-27-2)20(23-9-4-3-5-10-23)16-7-6-8-17(22)14-16/h6-8,13-14,20,25H,3-5,9-12H2,1-2H3/t20-/m1/s1. The normalized spacial score (nSPS) is 16.4. The largest absolute Gasteiger partial charge is 0.507 e. The van der Waals surface area contributed by atoms with Gasteiger partial charge in [-0.1, -0.05) is 30.2 Å². The zero-order valence-corrected chi connectivity index (χ0v) is 16.7. The third-order valence-electron chi connectivity index (χ3n) is 5.24. The highest BCUT2D eigenvalue weighted by Crippen LogP contribution is 2.35. The number of rotatable bonds is 6. The summed E-state index contributed by atoms with van der Waals surface area (Å²) in [5.74, 6) is 0.0433. The van der Waals surface area contributed by atoms with Crippen molar-refractivity contribution in [1.29, 1.82) is 0 Å². The average Bonchev–Trinajstić information content (AvgIpc) is 2.65. The average molecular weight is 391 g/mol. The van der Waals surface area contributed by atoms with Crippen molar-refractivity contribution in [1.82, 2.24) is 9.47 Å². The molecule has 1 atom stereocenters. The first-order valence-corrected chi connectivity index (χ1v) is 9.82. The van der Waals surface area contributed by atoms with E-state index >= 15 is 0 Å². The zero-order chi connectivity index (χ0) is 19.4. The second-order valence-corrected chi connectivity index (χ2v) is 7.52. The molecule has 146 valence electrons. The van der Waals surface area contributed by atoms with Crippen LogP contribution in [0.3, 0.4) is 0 Å². The highest BCUT2D eigenvalue weighted by atomic mass is 35.5. The van der Waals surface area contributed by atoms with Crippen LogP contribution in [0.25, 0.3) is 0 Å². The molecule has 1 N–H and O–H groups in total. The minimum atomic E-state index is -0.314.